The van der Waals surface area contributed by atoms with Crippen LogP contribution in [0.4, 0.5) is 10.5 Å². The fraction of sp³-hybridized carbons (Fsp3) is 0.500. The Morgan fingerprint density at radius 3 is 2.22 bits per heavy atom. The second-order valence-corrected chi connectivity index (χ2v) is 5.16. The van der Waals surface area contributed by atoms with Gasteiger partial charge in [-0.2, -0.15) is 0 Å². The van der Waals surface area contributed by atoms with Crippen molar-refractivity contribution in [3.05, 3.63) is 29.8 Å². The van der Waals surface area contributed by atoms with Crippen molar-refractivity contribution >= 4 is 11.7 Å². The molecule has 4 heteroatoms. The first kappa shape index (κ1) is 12.9. The van der Waals surface area contributed by atoms with Gasteiger partial charge in [-0.15, -0.1) is 0 Å². The largest absolute Gasteiger partial charge is 0.351 e. The van der Waals surface area contributed by atoms with E-state index in [0.29, 0.717) is 0 Å². The normalized spacial score (nSPS) is 18.3. The number of nitrogens with zero attached hydrogens (tertiary/aromatic N) is 1. The molecule has 2 amide bonds. The zero-order valence-electron chi connectivity index (χ0n) is 10.9. The van der Waals surface area contributed by atoms with Crippen molar-refractivity contribution in [3.63, 3.8) is 0 Å². The molecule has 1 saturated carbocycles. The van der Waals surface area contributed by atoms with E-state index in [-0.39, 0.29) is 5.54 Å². The number of primary amides is 1. The van der Waals surface area contributed by atoms with E-state index in [9.17, 15) is 4.79 Å². The van der Waals surface area contributed by atoms with Crippen molar-refractivity contribution in [2.24, 2.45) is 11.5 Å². The number of hydrogen-bond donors (Lipinski definition) is 2. The van der Waals surface area contributed by atoms with Crippen molar-refractivity contribution in [3.8, 4) is 0 Å². The van der Waals surface area contributed by atoms with E-state index >= 15 is 0 Å². The highest BCUT2D eigenvalue weighted by molar-refractivity contribution is 5.89. The molecular weight excluding hydrogens is 226 g/mol. The van der Waals surface area contributed by atoms with Crippen molar-refractivity contribution in [1.82, 2.24) is 0 Å². The van der Waals surface area contributed by atoms with Gasteiger partial charge >= 0.3 is 6.03 Å². The molecule has 1 fully saturated rings. The molecule has 2 rings (SSSR count). The minimum atomic E-state index is -0.456. The van der Waals surface area contributed by atoms with Crippen LogP contribution in [0.15, 0.2) is 24.3 Å². The van der Waals surface area contributed by atoms with Gasteiger partial charge in [0.15, 0.2) is 0 Å². The van der Waals surface area contributed by atoms with Gasteiger partial charge in [-0.1, -0.05) is 31.4 Å². The predicted molar refractivity (Wildman–Crippen MR) is 73.4 cm³/mol. The van der Waals surface area contributed by atoms with Crippen LogP contribution in [0.3, 0.4) is 0 Å². The quantitative estimate of drug-likeness (QED) is 0.841. The molecule has 0 aromatic heterocycles. The lowest BCUT2D eigenvalue weighted by atomic mass is 9.77. The van der Waals surface area contributed by atoms with Crippen LogP contribution >= 0.6 is 0 Å². The summed E-state index contributed by atoms with van der Waals surface area (Å²) in [5.41, 5.74) is 13.5. The molecule has 1 aromatic rings. The molecule has 0 radical (unpaired) electrons. The van der Waals surface area contributed by atoms with Crippen molar-refractivity contribution < 1.29 is 4.79 Å². The summed E-state index contributed by atoms with van der Waals surface area (Å²) in [4.78, 5) is 12.5. The van der Waals surface area contributed by atoms with E-state index in [0.717, 1.165) is 24.1 Å². The molecule has 98 valence electrons. The summed E-state index contributed by atoms with van der Waals surface area (Å²) in [6.07, 6.45) is 5.75. The minimum absolute atomic E-state index is 0.192. The molecule has 4 nitrogen and oxygen atoms in total. The number of amides is 2. The molecule has 0 aliphatic heterocycles. The zero-order chi connectivity index (χ0) is 13.2. The average Bonchev–Trinajstić information content (AvgIpc) is 2.39. The lowest BCUT2D eigenvalue weighted by Gasteiger charge is -2.34. The summed E-state index contributed by atoms with van der Waals surface area (Å²) in [5, 5.41) is 0. The molecule has 1 aromatic carbocycles. The first-order valence-electron chi connectivity index (χ1n) is 6.45. The van der Waals surface area contributed by atoms with Crippen molar-refractivity contribution in [1.29, 1.82) is 0 Å². The minimum Gasteiger partial charge on any atom is -0.351 e. The van der Waals surface area contributed by atoms with E-state index in [1.54, 1.807) is 7.05 Å². The standard InChI is InChI=1S/C14H21N3O/c1-17(13(15)18)12-7-5-11(6-8-12)14(16)9-3-2-4-10-14/h5-8H,2-4,9-10,16H2,1H3,(H2,15,18). The van der Waals surface area contributed by atoms with Crippen LogP contribution in [0, 0.1) is 0 Å². The summed E-state index contributed by atoms with van der Waals surface area (Å²) < 4.78 is 0. The Bertz CT molecular complexity index is 421. The number of carbonyl (C=O) groups excluding carboxylic acids is 1. The Morgan fingerprint density at radius 2 is 1.72 bits per heavy atom. The Morgan fingerprint density at radius 1 is 1.17 bits per heavy atom. The van der Waals surface area contributed by atoms with Gasteiger partial charge in [-0.05, 0) is 30.5 Å². The fourth-order valence-corrected chi connectivity index (χ4v) is 2.62. The third-order valence-corrected chi connectivity index (χ3v) is 3.91. The van der Waals surface area contributed by atoms with E-state index in [1.165, 1.54) is 24.2 Å². The van der Waals surface area contributed by atoms with Crippen LogP contribution in [-0.4, -0.2) is 13.1 Å². The Balaban J connectivity index is 2.19. The predicted octanol–water partition coefficient (Wildman–Crippen LogP) is 2.32. The summed E-state index contributed by atoms with van der Waals surface area (Å²) in [5.74, 6) is 0. The molecular formula is C14H21N3O. The zero-order valence-corrected chi connectivity index (χ0v) is 10.9. The summed E-state index contributed by atoms with van der Waals surface area (Å²) in [6.45, 7) is 0. The van der Waals surface area contributed by atoms with Gasteiger partial charge in [0.05, 0.1) is 0 Å². The maximum atomic E-state index is 11.1. The molecule has 0 heterocycles. The second kappa shape index (κ2) is 4.98. The number of carbonyl (C=O) groups is 1. The van der Waals surface area contributed by atoms with Gasteiger partial charge in [-0.25, -0.2) is 4.79 Å². The molecule has 18 heavy (non-hydrogen) atoms. The lowest BCUT2D eigenvalue weighted by molar-refractivity contribution is 0.255. The Hall–Kier alpha value is -1.55. The number of hydrogen-bond acceptors (Lipinski definition) is 2. The highest BCUT2D eigenvalue weighted by Gasteiger charge is 2.29. The van der Waals surface area contributed by atoms with Crippen LogP contribution in [0.2, 0.25) is 0 Å². The van der Waals surface area contributed by atoms with E-state index in [2.05, 4.69) is 0 Å². The summed E-state index contributed by atoms with van der Waals surface area (Å²) in [6, 6.07) is 7.38. The summed E-state index contributed by atoms with van der Waals surface area (Å²) >= 11 is 0. The topological polar surface area (TPSA) is 72.3 Å². The monoisotopic (exact) mass is 247 g/mol. The number of benzene rings is 1. The number of nitrogens with two attached hydrogens (primary N) is 2. The van der Waals surface area contributed by atoms with Crippen LogP contribution in [-0.2, 0) is 5.54 Å². The molecule has 1 aliphatic rings. The first-order chi connectivity index (χ1) is 8.53. The van der Waals surface area contributed by atoms with Crippen LogP contribution in [0.25, 0.3) is 0 Å². The molecule has 0 atom stereocenters. The molecule has 0 bridgehead atoms. The van der Waals surface area contributed by atoms with E-state index < -0.39 is 6.03 Å². The third-order valence-electron chi connectivity index (χ3n) is 3.91. The van der Waals surface area contributed by atoms with E-state index in [1.807, 2.05) is 24.3 Å². The summed E-state index contributed by atoms with van der Waals surface area (Å²) in [7, 11) is 1.66. The highest BCUT2D eigenvalue weighted by atomic mass is 16.2. The average molecular weight is 247 g/mol. The molecule has 4 N–H and O–H groups in total. The highest BCUT2D eigenvalue weighted by Crippen LogP contribution is 2.35. The van der Waals surface area contributed by atoms with Gasteiger partial charge in [-0.3, -0.25) is 4.90 Å². The smallest absolute Gasteiger partial charge is 0.318 e. The first-order valence-corrected chi connectivity index (χ1v) is 6.45. The molecule has 0 spiro atoms. The number of anilines is 1. The van der Waals surface area contributed by atoms with Gasteiger partial charge in [0.2, 0.25) is 0 Å². The fourth-order valence-electron chi connectivity index (χ4n) is 2.62. The molecule has 1 aliphatic carbocycles. The van der Waals surface area contributed by atoms with Gasteiger partial charge in [0.1, 0.15) is 0 Å². The van der Waals surface area contributed by atoms with Crippen molar-refractivity contribution in [2.75, 3.05) is 11.9 Å². The van der Waals surface area contributed by atoms with E-state index in [4.69, 9.17) is 11.5 Å². The maximum absolute atomic E-state index is 11.1. The second-order valence-electron chi connectivity index (χ2n) is 5.16. The maximum Gasteiger partial charge on any atom is 0.318 e. The molecule has 0 unspecified atom stereocenters. The lowest BCUT2D eigenvalue weighted by Crippen LogP contribution is -2.38. The van der Waals surface area contributed by atoms with Crippen molar-refractivity contribution in [2.45, 2.75) is 37.6 Å². The Kier molecular flexibility index (Phi) is 3.57. The van der Waals surface area contributed by atoms with Gasteiger partial charge in [0, 0.05) is 18.3 Å². The molecule has 0 saturated heterocycles. The number of rotatable bonds is 2. The Labute approximate surface area is 108 Å². The van der Waals surface area contributed by atoms with Crippen LogP contribution in [0.5, 0.6) is 0 Å². The van der Waals surface area contributed by atoms with Gasteiger partial charge < -0.3 is 11.5 Å². The van der Waals surface area contributed by atoms with Crippen LogP contribution in [0.1, 0.15) is 37.7 Å². The SMILES string of the molecule is CN(C(N)=O)c1ccc(C2(N)CCCCC2)cc1. The van der Waals surface area contributed by atoms with Crippen LogP contribution < -0.4 is 16.4 Å². The van der Waals surface area contributed by atoms with Gasteiger partial charge in [0.25, 0.3) is 0 Å². The third kappa shape index (κ3) is 2.48. The number of urea groups is 1.